The lowest BCUT2D eigenvalue weighted by Crippen LogP contribution is -2.27. The second-order valence-electron chi connectivity index (χ2n) is 8.11. The number of aryl methyl sites for hydroxylation is 1. The molecule has 6 rings (SSSR count). The van der Waals surface area contributed by atoms with Gasteiger partial charge in [0.25, 0.3) is 5.52 Å². The zero-order valence-corrected chi connectivity index (χ0v) is 18.7. The average molecular weight is 449 g/mol. The van der Waals surface area contributed by atoms with Gasteiger partial charge in [-0.3, -0.25) is 0 Å². The van der Waals surface area contributed by atoms with Crippen molar-refractivity contribution < 1.29 is 18.1 Å². The Labute approximate surface area is 196 Å². The van der Waals surface area contributed by atoms with Crippen molar-refractivity contribution in [3.8, 4) is 40.9 Å². The number of aromatic nitrogens is 3. The van der Waals surface area contributed by atoms with Gasteiger partial charge in [-0.15, -0.1) is 12.3 Å². The fourth-order valence-corrected chi connectivity index (χ4v) is 4.64. The van der Waals surface area contributed by atoms with Crippen LogP contribution in [0.2, 0.25) is 0 Å². The molecule has 0 saturated heterocycles. The van der Waals surface area contributed by atoms with Crippen molar-refractivity contribution in [2.24, 2.45) is 0 Å². The number of methoxy groups -OCH3 is 1. The number of unbranched alkanes of at least 4 members (excludes halogenated alkanes) is 1. The number of rotatable bonds is 6. The van der Waals surface area contributed by atoms with Crippen molar-refractivity contribution in [1.29, 1.82) is 0 Å². The van der Waals surface area contributed by atoms with Gasteiger partial charge in [-0.2, -0.15) is 0 Å². The van der Waals surface area contributed by atoms with Crippen molar-refractivity contribution in [3.05, 3.63) is 73.3 Å². The van der Waals surface area contributed by atoms with Crippen LogP contribution < -0.4 is 9.25 Å². The summed E-state index contributed by atoms with van der Waals surface area (Å²) in [5.74, 6) is 4.99. The number of ether oxygens (including phenoxy) is 1. The highest BCUT2D eigenvalue weighted by atomic mass is 16.5. The lowest BCUT2D eigenvalue weighted by Gasteiger charge is -2.08. The third-order valence-electron chi connectivity index (χ3n) is 6.17. The molecule has 6 nitrogen and oxygen atoms in total. The summed E-state index contributed by atoms with van der Waals surface area (Å²) in [6.45, 7) is 0.785. The molecule has 166 valence electrons. The molecule has 0 saturated carbocycles. The van der Waals surface area contributed by atoms with Gasteiger partial charge < -0.3 is 18.1 Å². The first-order chi connectivity index (χ1) is 16.8. The molecular weight excluding hydrogens is 426 g/mol. The Bertz CT molecular complexity index is 1670. The predicted octanol–water partition coefficient (Wildman–Crippen LogP) is 5.87. The molecule has 0 spiro atoms. The van der Waals surface area contributed by atoms with E-state index in [4.69, 9.17) is 25.1 Å². The van der Waals surface area contributed by atoms with Crippen molar-refractivity contribution in [1.82, 2.24) is 9.67 Å². The lowest BCUT2D eigenvalue weighted by molar-refractivity contribution is -0.578. The molecule has 0 aliphatic carbocycles. The fourth-order valence-electron chi connectivity index (χ4n) is 4.64. The topological polar surface area (TPSA) is 57.4 Å². The van der Waals surface area contributed by atoms with Crippen LogP contribution in [-0.2, 0) is 6.54 Å². The van der Waals surface area contributed by atoms with Gasteiger partial charge in [-0.1, -0.05) is 0 Å². The van der Waals surface area contributed by atoms with E-state index in [1.165, 1.54) is 0 Å². The van der Waals surface area contributed by atoms with Gasteiger partial charge in [0, 0.05) is 47.0 Å². The average Bonchev–Trinajstić information content (AvgIpc) is 3.64. The summed E-state index contributed by atoms with van der Waals surface area (Å²) < 4.78 is 21.2. The van der Waals surface area contributed by atoms with E-state index in [1.54, 1.807) is 19.6 Å². The predicted molar refractivity (Wildman–Crippen MR) is 130 cm³/mol. The van der Waals surface area contributed by atoms with Gasteiger partial charge in [0.2, 0.25) is 6.20 Å². The van der Waals surface area contributed by atoms with Crippen LogP contribution in [0.5, 0.6) is 5.75 Å². The molecule has 6 aromatic rings. The summed E-state index contributed by atoms with van der Waals surface area (Å²) >= 11 is 0. The van der Waals surface area contributed by atoms with Crippen LogP contribution in [-0.4, -0.2) is 16.8 Å². The largest absolute Gasteiger partial charge is 0.497 e. The zero-order valence-electron chi connectivity index (χ0n) is 18.7. The number of benzene rings is 1. The molecule has 0 atom stereocenters. The van der Waals surface area contributed by atoms with Crippen LogP contribution in [0.15, 0.2) is 82.2 Å². The van der Waals surface area contributed by atoms with Gasteiger partial charge >= 0.3 is 0 Å². The summed E-state index contributed by atoms with van der Waals surface area (Å²) in [5, 5.41) is 7.27. The minimum Gasteiger partial charge on any atom is -0.497 e. The molecule has 0 unspecified atom stereocenters. The molecule has 6 heteroatoms. The van der Waals surface area contributed by atoms with Gasteiger partial charge in [0.05, 0.1) is 30.7 Å². The van der Waals surface area contributed by atoms with E-state index in [-0.39, 0.29) is 0 Å². The van der Waals surface area contributed by atoms with Gasteiger partial charge in [0.15, 0.2) is 11.5 Å². The molecule has 34 heavy (non-hydrogen) atoms. The molecule has 0 radical (unpaired) electrons. The molecular formula is C28H22N3O3+. The third-order valence-corrected chi connectivity index (χ3v) is 6.17. The van der Waals surface area contributed by atoms with E-state index < -0.39 is 0 Å². The smallest absolute Gasteiger partial charge is 0.263 e. The monoisotopic (exact) mass is 448 g/mol. The Morgan fingerprint density at radius 3 is 2.59 bits per heavy atom. The van der Waals surface area contributed by atoms with Crippen LogP contribution in [0.3, 0.4) is 0 Å². The van der Waals surface area contributed by atoms with Crippen LogP contribution in [0.4, 0.5) is 0 Å². The normalized spacial score (nSPS) is 11.4. The standard InChI is InChI=1S/C28H22N3O3/c1-3-4-5-13-30-23-17-19(32-2)10-11-20(23)21-12-14-31-24(28(21)30)18-22(25-8-6-15-33-25)27(29-31)26-9-7-16-34-26/h1,6-12,14-18H,4-5,13H2,2H3/q+1. The molecule has 5 aromatic heterocycles. The Hall–Kier alpha value is -4.50. The first kappa shape index (κ1) is 20.1. The Kier molecular flexibility index (Phi) is 4.81. The van der Waals surface area contributed by atoms with Crippen molar-refractivity contribution in [2.75, 3.05) is 7.11 Å². The van der Waals surface area contributed by atoms with Crippen LogP contribution in [0.25, 0.3) is 50.1 Å². The molecule has 0 bridgehead atoms. The maximum absolute atomic E-state index is 5.78. The number of nitrogens with zero attached hydrogens (tertiary/aromatic N) is 3. The molecule has 5 heterocycles. The number of hydrogen-bond acceptors (Lipinski definition) is 4. The lowest BCUT2D eigenvalue weighted by atomic mass is 10.1. The maximum atomic E-state index is 5.78. The van der Waals surface area contributed by atoms with E-state index in [9.17, 15) is 0 Å². The number of fused-ring (bicyclic) bond motifs is 5. The van der Waals surface area contributed by atoms with Gasteiger partial charge in [-0.25, -0.2) is 0 Å². The summed E-state index contributed by atoms with van der Waals surface area (Å²) in [6.07, 6.45) is 12.4. The summed E-state index contributed by atoms with van der Waals surface area (Å²) in [7, 11) is 1.69. The molecule has 0 aliphatic heterocycles. The number of terminal acetylenes is 1. The van der Waals surface area contributed by atoms with Gasteiger partial charge in [0.1, 0.15) is 17.0 Å². The highest BCUT2D eigenvalue weighted by Gasteiger charge is 2.25. The van der Waals surface area contributed by atoms with Crippen LogP contribution >= 0.6 is 0 Å². The van der Waals surface area contributed by atoms with Crippen LogP contribution in [0, 0.1) is 12.3 Å². The Balaban J connectivity index is 1.71. The minimum absolute atomic E-state index is 0.681. The number of hydrogen-bond donors (Lipinski definition) is 0. The van der Waals surface area contributed by atoms with Crippen LogP contribution in [0.1, 0.15) is 12.8 Å². The molecule has 1 aromatic carbocycles. The number of pyridine rings is 1. The van der Waals surface area contributed by atoms with Gasteiger partial charge in [-0.05, 0) is 47.3 Å². The van der Waals surface area contributed by atoms with Crippen molar-refractivity contribution in [3.63, 3.8) is 0 Å². The maximum Gasteiger partial charge on any atom is 0.263 e. The van der Waals surface area contributed by atoms with E-state index in [1.807, 2.05) is 41.0 Å². The molecule has 0 N–H and O–H groups in total. The van der Waals surface area contributed by atoms with Crippen molar-refractivity contribution >= 4 is 27.3 Å². The first-order valence-electron chi connectivity index (χ1n) is 11.2. The first-order valence-corrected chi connectivity index (χ1v) is 11.2. The highest BCUT2D eigenvalue weighted by molar-refractivity contribution is 6.12. The quantitative estimate of drug-likeness (QED) is 0.182. The summed E-state index contributed by atoms with van der Waals surface area (Å²) in [5.41, 5.74) is 4.75. The fraction of sp³-hybridized carbons (Fsp3) is 0.143. The summed E-state index contributed by atoms with van der Waals surface area (Å²) in [6, 6.07) is 18.0. The molecule has 0 fully saturated rings. The molecule has 0 amide bonds. The zero-order chi connectivity index (χ0) is 23.1. The van der Waals surface area contributed by atoms with E-state index >= 15 is 0 Å². The van der Waals surface area contributed by atoms with E-state index in [0.29, 0.717) is 17.9 Å². The summed E-state index contributed by atoms with van der Waals surface area (Å²) in [4.78, 5) is 0. The van der Waals surface area contributed by atoms with Crippen molar-refractivity contribution in [2.45, 2.75) is 19.4 Å². The highest BCUT2D eigenvalue weighted by Crippen LogP contribution is 2.36. The second-order valence-corrected chi connectivity index (χ2v) is 8.11. The molecule has 0 aliphatic rings. The third kappa shape index (κ3) is 3.13. The number of furan rings is 2. The Morgan fingerprint density at radius 1 is 1.03 bits per heavy atom. The van der Waals surface area contributed by atoms with E-state index in [0.717, 1.165) is 57.4 Å². The minimum atomic E-state index is 0.681. The Morgan fingerprint density at radius 2 is 1.85 bits per heavy atom. The second kappa shape index (κ2) is 8.13. The SMILES string of the molecule is C#CCCCn1c2cc(OC)ccc2c2cc[n+]3nc(-c4ccco4)c(-c4ccco4)cc3c21. The van der Waals surface area contributed by atoms with E-state index in [2.05, 4.69) is 34.8 Å².